The van der Waals surface area contributed by atoms with Crippen LogP contribution in [0.5, 0.6) is 0 Å². The van der Waals surface area contributed by atoms with E-state index in [1.54, 1.807) is 6.07 Å². The van der Waals surface area contributed by atoms with Crippen LogP contribution in [0.2, 0.25) is 0 Å². The number of halogens is 1. The van der Waals surface area contributed by atoms with Gasteiger partial charge >= 0.3 is 5.97 Å². The Morgan fingerprint density at radius 1 is 1.27 bits per heavy atom. The maximum Gasteiger partial charge on any atom is 0.345 e. The summed E-state index contributed by atoms with van der Waals surface area (Å²) in [7, 11) is 0. The van der Waals surface area contributed by atoms with Gasteiger partial charge in [-0.15, -0.1) is 11.3 Å². The molecule has 2 aromatic rings. The number of carboxylic acids is 1. The Kier molecular flexibility index (Phi) is 3.06. The molecule has 1 aromatic carbocycles. The topological polar surface area (TPSA) is 37.3 Å². The molecule has 0 saturated carbocycles. The second-order valence-electron chi connectivity index (χ2n) is 3.02. The summed E-state index contributed by atoms with van der Waals surface area (Å²) in [5.41, 5.74) is 2.03. The molecule has 2 rings (SSSR count). The van der Waals surface area contributed by atoms with Crippen molar-refractivity contribution >= 4 is 39.9 Å². The fourth-order valence-electron chi connectivity index (χ4n) is 1.27. The van der Waals surface area contributed by atoms with Gasteiger partial charge in [-0.1, -0.05) is 12.1 Å². The van der Waals surface area contributed by atoms with E-state index in [0.717, 1.165) is 14.7 Å². The number of benzene rings is 1. The Labute approximate surface area is 105 Å². The normalized spacial score (nSPS) is 10.2. The predicted octanol–water partition coefficient (Wildman–Crippen LogP) is 3.72. The third-order valence-corrected chi connectivity index (χ3v) is 3.56. The van der Waals surface area contributed by atoms with Gasteiger partial charge in [0.2, 0.25) is 0 Å². The molecule has 0 aliphatic carbocycles. The summed E-state index contributed by atoms with van der Waals surface area (Å²) in [5, 5.41) is 10.7. The highest BCUT2D eigenvalue weighted by Crippen LogP contribution is 2.26. The van der Waals surface area contributed by atoms with Crippen molar-refractivity contribution in [2.75, 3.05) is 0 Å². The number of hydrogen-bond donors (Lipinski definition) is 1. The quantitative estimate of drug-likeness (QED) is 0.852. The van der Waals surface area contributed by atoms with E-state index in [2.05, 4.69) is 22.6 Å². The van der Waals surface area contributed by atoms with Gasteiger partial charge in [0.05, 0.1) is 0 Å². The highest BCUT2D eigenvalue weighted by molar-refractivity contribution is 14.1. The largest absolute Gasteiger partial charge is 0.477 e. The van der Waals surface area contributed by atoms with Crippen LogP contribution < -0.4 is 0 Å². The maximum absolute atomic E-state index is 10.7. The standard InChI is InChI=1S/C11H7IO2S/c12-9-3-1-2-7(4-9)8-5-10(11(13)14)15-6-8/h1-6H,(H,13,14). The number of thiophene rings is 1. The van der Waals surface area contributed by atoms with E-state index in [-0.39, 0.29) is 0 Å². The summed E-state index contributed by atoms with van der Waals surface area (Å²) in [6, 6.07) is 9.70. The van der Waals surface area contributed by atoms with Crippen molar-refractivity contribution in [1.29, 1.82) is 0 Å². The second kappa shape index (κ2) is 4.32. The third kappa shape index (κ3) is 2.38. The molecule has 15 heavy (non-hydrogen) atoms. The van der Waals surface area contributed by atoms with Crippen LogP contribution in [0.3, 0.4) is 0 Å². The lowest BCUT2D eigenvalue weighted by Crippen LogP contribution is -1.89. The average Bonchev–Trinajstić information content (AvgIpc) is 2.66. The van der Waals surface area contributed by atoms with Gasteiger partial charge in [0.1, 0.15) is 4.88 Å². The smallest absolute Gasteiger partial charge is 0.345 e. The molecule has 1 heterocycles. The number of carboxylic acid groups (broad SMARTS) is 1. The number of rotatable bonds is 2. The first kappa shape index (κ1) is 10.6. The van der Waals surface area contributed by atoms with Gasteiger partial charge < -0.3 is 5.11 Å². The Morgan fingerprint density at radius 3 is 2.67 bits per heavy atom. The minimum Gasteiger partial charge on any atom is -0.477 e. The monoisotopic (exact) mass is 330 g/mol. The van der Waals surface area contributed by atoms with E-state index in [4.69, 9.17) is 5.11 Å². The summed E-state index contributed by atoms with van der Waals surface area (Å²) >= 11 is 3.50. The fourth-order valence-corrected chi connectivity index (χ4v) is 2.56. The first-order valence-electron chi connectivity index (χ1n) is 4.24. The molecule has 0 saturated heterocycles. The van der Waals surface area contributed by atoms with Crippen molar-refractivity contribution in [1.82, 2.24) is 0 Å². The number of carbonyl (C=O) groups is 1. The third-order valence-electron chi connectivity index (χ3n) is 1.97. The van der Waals surface area contributed by atoms with Gasteiger partial charge in [0.25, 0.3) is 0 Å². The Bertz CT molecular complexity index is 505. The van der Waals surface area contributed by atoms with Crippen LogP contribution in [0.1, 0.15) is 9.67 Å². The lowest BCUT2D eigenvalue weighted by Gasteiger charge is -1.97. The van der Waals surface area contributed by atoms with Gasteiger partial charge in [0, 0.05) is 3.57 Å². The molecule has 0 aliphatic rings. The number of hydrogen-bond acceptors (Lipinski definition) is 2. The molecule has 4 heteroatoms. The molecule has 76 valence electrons. The number of aromatic carboxylic acids is 1. The summed E-state index contributed by atoms with van der Waals surface area (Å²) in [4.78, 5) is 11.1. The second-order valence-corrected chi connectivity index (χ2v) is 5.17. The van der Waals surface area contributed by atoms with Gasteiger partial charge in [-0.25, -0.2) is 4.79 Å². The van der Waals surface area contributed by atoms with Crippen molar-refractivity contribution in [2.24, 2.45) is 0 Å². The lowest BCUT2D eigenvalue weighted by atomic mass is 10.1. The SMILES string of the molecule is O=C(O)c1cc(-c2cccc(I)c2)cs1. The molecule has 0 atom stereocenters. The van der Waals surface area contributed by atoms with Crippen molar-refractivity contribution in [2.45, 2.75) is 0 Å². The van der Waals surface area contributed by atoms with Crippen LogP contribution in [0.15, 0.2) is 35.7 Å². The molecule has 2 nitrogen and oxygen atoms in total. The molecular weight excluding hydrogens is 323 g/mol. The van der Waals surface area contributed by atoms with Crippen LogP contribution >= 0.6 is 33.9 Å². The molecule has 0 radical (unpaired) electrons. The predicted molar refractivity (Wildman–Crippen MR) is 69.4 cm³/mol. The van der Waals surface area contributed by atoms with Crippen molar-refractivity contribution < 1.29 is 9.90 Å². The van der Waals surface area contributed by atoms with Gasteiger partial charge in [0.15, 0.2) is 0 Å². The summed E-state index contributed by atoms with van der Waals surface area (Å²) < 4.78 is 1.15. The molecule has 1 aromatic heterocycles. The Morgan fingerprint density at radius 2 is 2.07 bits per heavy atom. The van der Waals surface area contributed by atoms with E-state index in [1.165, 1.54) is 11.3 Å². The average molecular weight is 330 g/mol. The molecule has 0 unspecified atom stereocenters. The van der Waals surface area contributed by atoms with Crippen LogP contribution in [-0.4, -0.2) is 11.1 Å². The van der Waals surface area contributed by atoms with Crippen LogP contribution in [0, 0.1) is 3.57 Å². The Hall–Kier alpha value is -0.880. The van der Waals surface area contributed by atoms with E-state index in [9.17, 15) is 4.79 Å². The van der Waals surface area contributed by atoms with Gasteiger partial charge in [-0.05, 0) is 57.3 Å². The minimum atomic E-state index is -0.864. The minimum absolute atomic E-state index is 0.379. The maximum atomic E-state index is 10.7. The fraction of sp³-hybridized carbons (Fsp3) is 0. The van der Waals surface area contributed by atoms with E-state index in [0.29, 0.717) is 4.88 Å². The van der Waals surface area contributed by atoms with E-state index >= 15 is 0 Å². The van der Waals surface area contributed by atoms with Crippen LogP contribution in [-0.2, 0) is 0 Å². The zero-order valence-electron chi connectivity index (χ0n) is 7.61. The highest BCUT2D eigenvalue weighted by Gasteiger charge is 2.07. The molecule has 0 fully saturated rings. The first-order chi connectivity index (χ1) is 7.16. The summed E-state index contributed by atoms with van der Waals surface area (Å²) in [6.07, 6.45) is 0. The zero-order chi connectivity index (χ0) is 10.8. The van der Waals surface area contributed by atoms with E-state index < -0.39 is 5.97 Å². The molecular formula is C11H7IO2S. The van der Waals surface area contributed by atoms with Crippen molar-refractivity contribution in [3.8, 4) is 11.1 Å². The first-order valence-corrected chi connectivity index (χ1v) is 6.20. The molecule has 0 aliphatic heterocycles. The van der Waals surface area contributed by atoms with Gasteiger partial charge in [-0.3, -0.25) is 0 Å². The van der Waals surface area contributed by atoms with Crippen LogP contribution in [0.4, 0.5) is 0 Å². The van der Waals surface area contributed by atoms with Gasteiger partial charge in [-0.2, -0.15) is 0 Å². The highest BCUT2D eigenvalue weighted by atomic mass is 127. The van der Waals surface area contributed by atoms with Crippen molar-refractivity contribution in [3.05, 3.63) is 44.2 Å². The van der Waals surface area contributed by atoms with Crippen molar-refractivity contribution in [3.63, 3.8) is 0 Å². The molecule has 0 spiro atoms. The molecule has 0 bridgehead atoms. The summed E-state index contributed by atoms with van der Waals surface area (Å²) in [6.45, 7) is 0. The summed E-state index contributed by atoms with van der Waals surface area (Å²) in [5.74, 6) is -0.864. The van der Waals surface area contributed by atoms with E-state index in [1.807, 2.05) is 29.6 Å². The van der Waals surface area contributed by atoms with Crippen LogP contribution in [0.25, 0.3) is 11.1 Å². The molecule has 0 amide bonds. The molecule has 1 N–H and O–H groups in total. The Balaban J connectivity index is 2.41. The zero-order valence-corrected chi connectivity index (χ0v) is 10.6. The lowest BCUT2D eigenvalue weighted by molar-refractivity contribution is 0.0702.